The lowest BCUT2D eigenvalue weighted by Crippen LogP contribution is -2.36. The van der Waals surface area contributed by atoms with Crippen LogP contribution in [0.15, 0.2) is 0 Å². The Hall–Kier alpha value is -0.610. The molecule has 0 aliphatic carbocycles. The summed E-state index contributed by atoms with van der Waals surface area (Å²) < 4.78 is 0. The summed E-state index contributed by atoms with van der Waals surface area (Å²) in [4.78, 5) is 13.6. The molecule has 1 heterocycles. The third-order valence-electron chi connectivity index (χ3n) is 4.29. The van der Waals surface area contributed by atoms with Gasteiger partial charge in [-0.3, -0.25) is 4.79 Å². The lowest BCUT2D eigenvalue weighted by Gasteiger charge is -2.32. The zero-order valence-corrected chi connectivity index (χ0v) is 12.2. The minimum Gasteiger partial charge on any atom is -0.481 e. The fraction of sp³-hybridized carbons (Fsp3) is 0.933. The SMILES string of the molecule is CCCCC(CCN1CCC(CCO)CC1)C(=O)O. The van der Waals surface area contributed by atoms with Crippen LogP contribution in [0.3, 0.4) is 0 Å². The van der Waals surface area contributed by atoms with Crippen molar-refractivity contribution in [3.63, 3.8) is 0 Å². The molecular weight excluding hydrogens is 242 g/mol. The quantitative estimate of drug-likeness (QED) is 0.676. The molecular formula is C15H29NO3. The normalized spacial score (nSPS) is 19.5. The van der Waals surface area contributed by atoms with E-state index < -0.39 is 5.97 Å². The number of hydrogen-bond donors (Lipinski definition) is 2. The van der Waals surface area contributed by atoms with E-state index in [-0.39, 0.29) is 5.92 Å². The summed E-state index contributed by atoms with van der Waals surface area (Å²) >= 11 is 0. The molecule has 0 radical (unpaired) electrons. The molecule has 0 aromatic rings. The van der Waals surface area contributed by atoms with Gasteiger partial charge in [0.05, 0.1) is 5.92 Å². The van der Waals surface area contributed by atoms with E-state index in [1.54, 1.807) is 0 Å². The highest BCUT2D eigenvalue weighted by Crippen LogP contribution is 2.21. The van der Waals surface area contributed by atoms with Crippen LogP contribution < -0.4 is 0 Å². The molecule has 0 bridgehead atoms. The van der Waals surface area contributed by atoms with Gasteiger partial charge < -0.3 is 15.1 Å². The average Bonchev–Trinajstić information content (AvgIpc) is 2.40. The second-order valence-corrected chi connectivity index (χ2v) is 5.76. The van der Waals surface area contributed by atoms with Crippen molar-refractivity contribution in [2.75, 3.05) is 26.2 Å². The number of carboxylic acids is 1. The van der Waals surface area contributed by atoms with Gasteiger partial charge in [0, 0.05) is 6.61 Å². The number of hydrogen-bond acceptors (Lipinski definition) is 3. The smallest absolute Gasteiger partial charge is 0.306 e. The second kappa shape index (κ2) is 9.32. The minimum atomic E-state index is -0.636. The molecule has 1 atom stereocenters. The number of piperidine rings is 1. The summed E-state index contributed by atoms with van der Waals surface area (Å²) in [6.45, 7) is 5.43. The van der Waals surface area contributed by atoms with Crippen LogP contribution in [0.4, 0.5) is 0 Å². The number of aliphatic carboxylic acids is 1. The van der Waals surface area contributed by atoms with Crippen LogP contribution in [0.25, 0.3) is 0 Å². The summed E-state index contributed by atoms with van der Waals surface area (Å²) in [6.07, 6.45) is 6.88. The molecule has 0 amide bonds. The van der Waals surface area contributed by atoms with Crippen molar-refractivity contribution >= 4 is 5.97 Å². The van der Waals surface area contributed by atoms with Crippen LogP contribution in [0, 0.1) is 11.8 Å². The van der Waals surface area contributed by atoms with Gasteiger partial charge in [-0.15, -0.1) is 0 Å². The first-order chi connectivity index (χ1) is 9.17. The van der Waals surface area contributed by atoms with Gasteiger partial charge in [-0.2, -0.15) is 0 Å². The van der Waals surface area contributed by atoms with Crippen LogP contribution in [0.1, 0.15) is 51.9 Å². The number of carboxylic acid groups (broad SMARTS) is 1. The maximum Gasteiger partial charge on any atom is 0.306 e. The van der Waals surface area contributed by atoms with Gasteiger partial charge in [0.25, 0.3) is 0 Å². The number of aliphatic hydroxyl groups is 1. The largest absolute Gasteiger partial charge is 0.481 e. The van der Waals surface area contributed by atoms with Crippen LogP contribution in [-0.2, 0) is 4.79 Å². The Bertz CT molecular complexity index is 250. The molecule has 1 rings (SSSR count). The molecule has 2 N–H and O–H groups in total. The molecule has 1 unspecified atom stereocenters. The van der Waals surface area contributed by atoms with Gasteiger partial charge >= 0.3 is 5.97 Å². The van der Waals surface area contributed by atoms with Gasteiger partial charge in [-0.1, -0.05) is 19.8 Å². The zero-order chi connectivity index (χ0) is 14.1. The van der Waals surface area contributed by atoms with Crippen molar-refractivity contribution in [1.29, 1.82) is 0 Å². The molecule has 0 aromatic carbocycles. The first-order valence-electron chi connectivity index (χ1n) is 7.73. The summed E-state index contributed by atoms with van der Waals surface area (Å²) in [7, 11) is 0. The molecule has 1 aliphatic heterocycles. The van der Waals surface area contributed by atoms with Gasteiger partial charge in [-0.05, 0) is 57.7 Å². The number of carbonyl (C=O) groups is 1. The van der Waals surface area contributed by atoms with E-state index in [2.05, 4.69) is 11.8 Å². The van der Waals surface area contributed by atoms with Crippen molar-refractivity contribution in [2.45, 2.75) is 51.9 Å². The summed E-state index contributed by atoms with van der Waals surface area (Å²) in [5.74, 6) is -0.143. The standard InChI is InChI=1S/C15H29NO3/c1-2-3-4-14(15(18)19)7-11-16-9-5-13(6-10-16)8-12-17/h13-14,17H,2-12H2,1H3,(H,18,19). The molecule has 0 aromatic heterocycles. The highest BCUT2D eigenvalue weighted by Gasteiger charge is 2.21. The fourth-order valence-corrected chi connectivity index (χ4v) is 2.86. The first-order valence-corrected chi connectivity index (χ1v) is 7.73. The highest BCUT2D eigenvalue weighted by atomic mass is 16.4. The van der Waals surface area contributed by atoms with Crippen molar-refractivity contribution in [2.24, 2.45) is 11.8 Å². The fourth-order valence-electron chi connectivity index (χ4n) is 2.86. The molecule has 1 fully saturated rings. The second-order valence-electron chi connectivity index (χ2n) is 5.76. The van der Waals surface area contributed by atoms with Crippen molar-refractivity contribution in [3.05, 3.63) is 0 Å². The van der Waals surface area contributed by atoms with Gasteiger partial charge in [-0.25, -0.2) is 0 Å². The summed E-state index contributed by atoms with van der Waals surface area (Å²) in [6, 6.07) is 0. The van der Waals surface area contributed by atoms with Crippen LogP contribution in [0.2, 0.25) is 0 Å². The Kier molecular flexibility index (Phi) is 8.07. The summed E-state index contributed by atoms with van der Waals surface area (Å²) in [5.41, 5.74) is 0. The van der Waals surface area contributed by atoms with Crippen LogP contribution in [-0.4, -0.2) is 47.3 Å². The molecule has 1 saturated heterocycles. The van der Waals surface area contributed by atoms with Gasteiger partial charge in [0.1, 0.15) is 0 Å². The molecule has 0 spiro atoms. The number of likely N-dealkylation sites (tertiary alicyclic amines) is 1. The van der Waals surface area contributed by atoms with Crippen LogP contribution in [0.5, 0.6) is 0 Å². The lowest BCUT2D eigenvalue weighted by atomic mass is 9.93. The Morgan fingerprint density at radius 2 is 2.00 bits per heavy atom. The van der Waals surface area contributed by atoms with Crippen molar-refractivity contribution < 1.29 is 15.0 Å². The van der Waals surface area contributed by atoms with E-state index in [0.717, 1.165) is 64.6 Å². The number of unbranched alkanes of at least 4 members (excludes halogenated alkanes) is 1. The topological polar surface area (TPSA) is 60.8 Å². The summed E-state index contributed by atoms with van der Waals surface area (Å²) in [5, 5.41) is 18.1. The van der Waals surface area contributed by atoms with Crippen molar-refractivity contribution in [1.82, 2.24) is 4.90 Å². The molecule has 112 valence electrons. The van der Waals surface area contributed by atoms with Gasteiger partial charge in [0.15, 0.2) is 0 Å². The Balaban J connectivity index is 2.22. The van der Waals surface area contributed by atoms with E-state index in [0.29, 0.717) is 12.5 Å². The maximum atomic E-state index is 11.2. The van der Waals surface area contributed by atoms with E-state index in [1.807, 2.05) is 0 Å². The third-order valence-corrected chi connectivity index (χ3v) is 4.29. The van der Waals surface area contributed by atoms with E-state index >= 15 is 0 Å². The molecule has 4 nitrogen and oxygen atoms in total. The molecule has 4 heteroatoms. The maximum absolute atomic E-state index is 11.2. The molecule has 0 saturated carbocycles. The van der Waals surface area contributed by atoms with Gasteiger partial charge in [0.2, 0.25) is 0 Å². The highest BCUT2D eigenvalue weighted by molar-refractivity contribution is 5.69. The molecule has 1 aliphatic rings. The predicted octanol–water partition coefficient (Wildman–Crippen LogP) is 2.36. The molecule has 19 heavy (non-hydrogen) atoms. The van der Waals surface area contributed by atoms with E-state index in [9.17, 15) is 9.90 Å². The zero-order valence-electron chi connectivity index (χ0n) is 12.2. The lowest BCUT2D eigenvalue weighted by molar-refractivity contribution is -0.142. The van der Waals surface area contributed by atoms with E-state index in [4.69, 9.17) is 5.11 Å². The minimum absolute atomic E-state index is 0.171. The average molecular weight is 271 g/mol. The Morgan fingerprint density at radius 3 is 2.53 bits per heavy atom. The first kappa shape index (κ1) is 16.4. The van der Waals surface area contributed by atoms with E-state index in [1.165, 1.54) is 0 Å². The number of aliphatic hydroxyl groups excluding tert-OH is 1. The Morgan fingerprint density at radius 1 is 1.32 bits per heavy atom. The van der Waals surface area contributed by atoms with Crippen LogP contribution >= 0.6 is 0 Å². The Labute approximate surface area is 116 Å². The number of rotatable bonds is 9. The predicted molar refractivity (Wildman–Crippen MR) is 76.1 cm³/mol. The number of nitrogens with zero attached hydrogens (tertiary/aromatic N) is 1. The third kappa shape index (κ3) is 6.39. The van der Waals surface area contributed by atoms with Crippen molar-refractivity contribution in [3.8, 4) is 0 Å². The monoisotopic (exact) mass is 271 g/mol.